The topological polar surface area (TPSA) is 113 Å². The van der Waals surface area contributed by atoms with Gasteiger partial charge in [-0.05, 0) is 48.5 Å². The Labute approximate surface area is 180 Å². The number of hydrogen-bond acceptors (Lipinski definition) is 6. The molecule has 3 aromatic heterocycles. The van der Waals surface area contributed by atoms with Crippen LogP contribution in [0.2, 0.25) is 10.0 Å². The minimum atomic E-state index is 0.300. The summed E-state index contributed by atoms with van der Waals surface area (Å²) >= 11 is 12.0. The number of fused-ring (bicyclic) bond motifs is 1. The van der Waals surface area contributed by atoms with Crippen LogP contribution >= 0.6 is 23.2 Å². The molecule has 0 saturated carbocycles. The molecule has 0 radical (unpaired) electrons. The molecule has 0 aliphatic heterocycles. The van der Waals surface area contributed by atoms with Crippen LogP contribution in [0.4, 0.5) is 11.6 Å². The van der Waals surface area contributed by atoms with E-state index in [9.17, 15) is 0 Å². The van der Waals surface area contributed by atoms with Gasteiger partial charge in [0.1, 0.15) is 11.6 Å². The molecule has 0 amide bonds. The van der Waals surface area contributed by atoms with Gasteiger partial charge in [-0.15, -0.1) is 0 Å². The van der Waals surface area contributed by atoms with Crippen molar-refractivity contribution in [3.63, 3.8) is 0 Å². The molecule has 8 nitrogen and oxygen atoms in total. The number of nitrogens with two attached hydrogens (primary N) is 2. The van der Waals surface area contributed by atoms with Gasteiger partial charge >= 0.3 is 0 Å². The van der Waals surface area contributed by atoms with Crippen molar-refractivity contribution in [2.45, 2.75) is 0 Å². The summed E-state index contributed by atoms with van der Waals surface area (Å²) in [5.41, 5.74) is 15.2. The highest BCUT2D eigenvalue weighted by Crippen LogP contribution is 2.29. The second-order valence-corrected chi connectivity index (χ2v) is 7.41. The third-order valence-corrected chi connectivity index (χ3v) is 5.15. The maximum Gasteiger partial charge on any atom is 0.169 e. The first-order chi connectivity index (χ1) is 14.5. The molecule has 2 aromatic carbocycles. The van der Waals surface area contributed by atoms with Gasteiger partial charge in [-0.1, -0.05) is 23.2 Å². The van der Waals surface area contributed by atoms with E-state index in [0.29, 0.717) is 44.1 Å². The van der Waals surface area contributed by atoms with Gasteiger partial charge in [-0.3, -0.25) is 0 Å². The van der Waals surface area contributed by atoms with E-state index < -0.39 is 0 Å². The first-order valence-corrected chi connectivity index (χ1v) is 9.64. The Morgan fingerprint density at radius 3 is 1.90 bits per heavy atom. The Balaban J connectivity index is 1.64. The van der Waals surface area contributed by atoms with Gasteiger partial charge in [0.2, 0.25) is 0 Å². The quantitative estimate of drug-likeness (QED) is 0.439. The molecule has 0 aliphatic rings. The summed E-state index contributed by atoms with van der Waals surface area (Å²) in [4.78, 5) is 9.08. The van der Waals surface area contributed by atoms with Gasteiger partial charge < -0.3 is 11.5 Å². The number of anilines is 2. The molecule has 4 N–H and O–H groups in total. The number of benzene rings is 2. The smallest absolute Gasteiger partial charge is 0.169 e. The van der Waals surface area contributed by atoms with Crippen LogP contribution in [0.3, 0.4) is 0 Å². The molecule has 3 heterocycles. The molecule has 10 heteroatoms. The Morgan fingerprint density at radius 2 is 1.27 bits per heavy atom. The van der Waals surface area contributed by atoms with Crippen molar-refractivity contribution < 1.29 is 0 Å². The first kappa shape index (κ1) is 18.4. The summed E-state index contributed by atoms with van der Waals surface area (Å²) in [5.74, 6) is 1.04. The first-order valence-electron chi connectivity index (χ1n) is 8.88. The van der Waals surface area contributed by atoms with Gasteiger partial charge in [0.25, 0.3) is 0 Å². The lowest BCUT2D eigenvalue weighted by Gasteiger charge is -2.07. The number of aromatic nitrogens is 6. The zero-order valence-electron chi connectivity index (χ0n) is 15.4. The summed E-state index contributed by atoms with van der Waals surface area (Å²) in [5, 5.41) is 10.7. The van der Waals surface area contributed by atoms with E-state index in [-0.39, 0.29) is 0 Å². The Morgan fingerprint density at radius 1 is 0.700 bits per heavy atom. The molecular formula is C20H14Cl2N8. The minimum Gasteiger partial charge on any atom is -0.383 e. The zero-order valence-corrected chi connectivity index (χ0v) is 16.9. The highest BCUT2D eigenvalue weighted by molar-refractivity contribution is 6.30. The molecule has 0 bridgehead atoms. The lowest BCUT2D eigenvalue weighted by molar-refractivity contribution is 0.891. The van der Waals surface area contributed by atoms with Crippen LogP contribution in [-0.2, 0) is 0 Å². The van der Waals surface area contributed by atoms with Crippen molar-refractivity contribution in [3.05, 3.63) is 71.0 Å². The molecule has 30 heavy (non-hydrogen) atoms. The van der Waals surface area contributed by atoms with Crippen molar-refractivity contribution in [2.75, 3.05) is 11.5 Å². The van der Waals surface area contributed by atoms with Crippen LogP contribution in [0.1, 0.15) is 0 Å². The summed E-state index contributed by atoms with van der Waals surface area (Å²) in [6.45, 7) is 0. The van der Waals surface area contributed by atoms with Crippen LogP contribution in [0.5, 0.6) is 0 Å². The lowest BCUT2D eigenvalue weighted by atomic mass is 10.2. The van der Waals surface area contributed by atoms with E-state index in [1.807, 2.05) is 24.3 Å². The fourth-order valence-electron chi connectivity index (χ4n) is 3.14. The fraction of sp³-hybridized carbons (Fsp3) is 0. The van der Waals surface area contributed by atoms with Crippen LogP contribution < -0.4 is 11.5 Å². The fourth-order valence-corrected chi connectivity index (χ4v) is 3.39. The SMILES string of the molecule is Nc1nc(-c2cnn(-c3ccc(Cl)cc3)c2N)nc2c1cnn2-c1ccc(Cl)cc1. The Bertz CT molecular complexity index is 1370. The molecule has 0 atom stereocenters. The van der Waals surface area contributed by atoms with E-state index in [1.165, 1.54) is 0 Å². The van der Waals surface area contributed by atoms with Crippen LogP contribution in [0.25, 0.3) is 33.8 Å². The second kappa shape index (κ2) is 7.01. The van der Waals surface area contributed by atoms with Gasteiger partial charge in [0, 0.05) is 10.0 Å². The maximum atomic E-state index is 6.35. The molecule has 0 unspecified atom stereocenters. The van der Waals surface area contributed by atoms with Crippen molar-refractivity contribution >= 4 is 45.9 Å². The Kier molecular flexibility index (Phi) is 4.30. The average Bonchev–Trinajstić information content (AvgIpc) is 3.33. The summed E-state index contributed by atoms with van der Waals surface area (Å²) < 4.78 is 3.26. The number of hydrogen-bond donors (Lipinski definition) is 2. The second-order valence-electron chi connectivity index (χ2n) is 6.53. The van der Waals surface area contributed by atoms with Crippen molar-refractivity contribution in [1.82, 2.24) is 29.5 Å². The van der Waals surface area contributed by atoms with Gasteiger partial charge in [-0.2, -0.15) is 10.2 Å². The standard InChI is InChI=1S/C20H14Cl2N8/c21-11-1-5-13(6-2-11)29-18(24)16(10-25-29)19-27-17(23)15-9-26-30(20(15)28-19)14-7-3-12(22)4-8-14/h1-10H,24H2,(H2,23,27,28). The number of rotatable bonds is 3. The lowest BCUT2D eigenvalue weighted by Crippen LogP contribution is -2.04. The molecular weight excluding hydrogens is 423 g/mol. The van der Waals surface area contributed by atoms with E-state index in [2.05, 4.69) is 20.2 Å². The normalized spacial score (nSPS) is 11.3. The Hall–Kier alpha value is -3.62. The summed E-state index contributed by atoms with van der Waals surface area (Å²) in [7, 11) is 0. The zero-order chi connectivity index (χ0) is 20.8. The molecule has 0 aliphatic carbocycles. The van der Waals surface area contributed by atoms with Gasteiger partial charge in [0.15, 0.2) is 11.5 Å². The van der Waals surface area contributed by atoms with Crippen molar-refractivity contribution in [1.29, 1.82) is 0 Å². The third kappa shape index (κ3) is 3.02. The number of nitrogens with zero attached hydrogens (tertiary/aromatic N) is 6. The molecule has 0 spiro atoms. The molecule has 148 valence electrons. The highest BCUT2D eigenvalue weighted by atomic mass is 35.5. The maximum absolute atomic E-state index is 6.35. The minimum absolute atomic E-state index is 0.300. The summed E-state index contributed by atoms with van der Waals surface area (Å²) in [6, 6.07) is 14.4. The van der Waals surface area contributed by atoms with E-state index in [1.54, 1.807) is 46.0 Å². The largest absolute Gasteiger partial charge is 0.383 e. The summed E-state index contributed by atoms with van der Waals surface area (Å²) in [6.07, 6.45) is 3.23. The number of halogens is 2. The molecule has 0 saturated heterocycles. The molecule has 5 rings (SSSR count). The van der Waals surface area contributed by atoms with Crippen LogP contribution in [0.15, 0.2) is 60.9 Å². The van der Waals surface area contributed by atoms with Crippen molar-refractivity contribution in [2.24, 2.45) is 0 Å². The molecule has 5 aromatic rings. The number of nitrogen functional groups attached to an aromatic ring is 2. The van der Waals surface area contributed by atoms with Crippen LogP contribution in [-0.4, -0.2) is 29.5 Å². The van der Waals surface area contributed by atoms with E-state index in [4.69, 9.17) is 34.7 Å². The van der Waals surface area contributed by atoms with Crippen molar-refractivity contribution in [3.8, 4) is 22.8 Å². The average molecular weight is 437 g/mol. The molecule has 0 fully saturated rings. The van der Waals surface area contributed by atoms with E-state index in [0.717, 1.165) is 11.4 Å². The monoisotopic (exact) mass is 436 g/mol. The van der Waals surface area contributed by atoms with E-state index >= 15 is 0 Å². The third-order valence-electron chi connectivity index (χ3n) is 4.65. The van der Waals surface area contributed by atoms with Gasteiger partial charge in [0.05, 0.1) is 34.7 Å². The highest BCUT2D eigenvalue weighted by Gasteiger charge is 2.18. The van der Waals surface area contributed by atoms with Crippen LogP contribution in [0, 0.1) is 0 Å². The predicted octanol–water partition coefficient (Wildman–Crippen LogP) is 4.14. The van der Waals surface area contributed by atoms with Gasteiger partial charge in [-0.25, -0.2) is 19.3 Å². The predicted molar refractivity (Wildman–Crippen MR) is 118 cm³/mol.